The average molecular weight is 343 g/mol. The summed E-state index contributed by atoms with van der Waals surface area (Å²) in [5.74, 6) is 0.638. The molecule has 1 aliphatic carbocycles. The fourth-order valence-electron chi connectivity index (χ4n) is 2.99. The molecule has 0 aromatic carbocycles. The topological polar surface area (TPSA) is 81.1 Å². The van der Waals surface area contributed by atoms with Crippen LogP contribution in [0.4, 0.5) is 4.79 Å². The van der Waals surface area contributed by atoms with E-state index in [1.807, 2.05) is 31.3 Å². The van der Waals surface area contributed by atoms with Crippen molar-refractivity contribution in [1.29, 1.82) is 0 Å². The lowest BCUT2D eigenvalue weighted by atomic mass is 10.2. The zero-order valence-corrected chi connectivity index (χ0v) is 14.5. The number of ether oxygens (including phenoxy) is 1. The lowest BCUT2D eigenvalue weighted by Crippen LogP contribution is -2.42. The molecule has 1 atom stereocenters. The van der Waals surface area contributed by atoms with E-state index in [9.17, 15) is 4.79 Å². The van der Waals surface area contributed by atoms with Crippen molar-refractivity contribution in [3.05, 3.63) is 42.4 Å². The van der Waals surface area contributed by atoms with Crippen LogP contribution in [0.2, 0.25) is 0 Å². The molecule has 1 unspecified atom stereocenters. The van der Waals surface area contributed by atoms with Gasteiger partial charge in [-0.15, -0.1) is 0 Å². The smallest absolute Gasteiger partial charge is 0.315 e. The molecule has 0 spiro atoms. The van der Waals surface area contributed by atoms with Crippen LogP contribution in [-0.2, 0) is 13.1 Å². The molecule has 2 N–H and O–H groups in total. The van der Waals surface area contributed by atoms with Gasteiger partial charge >= 0.3 is 6.03 Å². The Balaban J connectivity index is 1.43. The molecule has 2 amide bonds. The predicted octanol–water partition coefficient (Wildman–Crippen LogP) is 2.49. The number of carbonyl (C=O) groups excluding carboxylic acids is 1. The number of nitrogens with one attached hydrogen (secondary N) is 2. The van der Waals surface area contributed by atoms with Gasteiger partial charge in [0.25, 0.3) is 0 Å². The number of carbonyl (C=O) groups is 1. The first-order valence-electron chi connectivity index (χ1n) is 8.82. The molecule has 1 aliphatic rings. The van der Waals surface area contributed by atoms with E-state index in [1.165, 1.54) is 12.8 Å². The Morgan fingerprint density at radius 1 is 1.40 bits per heavy atom. The molecule has 7 heteroatoms. The van der Waals surface area contributed by atoms with Gasteiger partial charge in [-0.25, -0.2) is 9.78 Å². The number of rotatable bonds is 7. The second-order valence-electron chi connectivity index (χ2n) is 6.48. The van der Waals surface area contributed by atoms with Crippen LogP contribution in [0.3, 0.4) is 0 Å². The second kappa shape index (κ2) is 8.50. The molecule has 0 aliphatic heterocycles. The molecule has 2 aromatic rings. The Labute approximate surface area is 147 Å². The zero-order valence-electron chi connectivity index (χ0n) is 14.5. The fourth-order valence-corrected chi connectivity index (χ4v) is 2.99. The summed E-state index contributed by atoms with van der Waals surface area (Å²) < 4.78 is 7.69. The molecule has 0 bridgehead atoms. The molecule has 3 rings (SSSR count). The van der Waals surface area contributed by atoms with Crippen molar-refractivity contribution in [3.63, 3.8) is 0 Å². The Morgan fingerprint density at radius 3 is 3.00 bits per heavy atom. The van der Waals surface area contributed by atoms with Crippen LogP contribution in [0, 0.1) is 0 Å². The summed E-state index contributed by atoms with van der Waals surface area (Å²) in [6, 6.07) is 5.43. The molecule has 2 aromatic heterocycles. The van der Waals surface area contributed by atoms with Crippen LogP contribution in [0.5, 0.6) is 5.88 Å². The summed E-state index contributed by atoms with van der Waals surface area (Å²) in [6.45, 7) is 3.01. The summed E-state index contributed by atoms with van der Waals surface area (Å²) in [6.07, 6.45) is 10.2. The number of aromatic nitrogens is 3. The Kier molecular flexibility index (Phi) is 5.87. The quantitative estimate of drug-likeness (QED) is 0.809. The fraction of sp³-hybridized carbons (Fsp3) is 0.500. The molecule has 25 heavy (non-hydrogen) atoms. The lowest BCUT2D eigenvalue weighted by Gasteiger charge is -2.15. The molecule has 134 valence electrons. The van der Waals surface area contributed by atoms with Crippen molar-refractivity contribution >= 4 is 6.03 Å². The van der Waals surface area contributed by atoms with Crippen molar-refractivity contribution < 1.29 is 9.53 Å². The normalized spacial score (nSPS) is 15.7. The molecule has 7 nitrogen and oxygen atoms in total. The third-order valence-electron chi connectivity index (χ3n) is 4.24. The van der Waals surface area contributed by atoms with Crippen molar-refractivity contribution in [3.8, 4) is 5.88 Å². The standard InChI is InChI=1S/C18H25N5O2/c1-14(13-23-10-4-8-21-23)22-18(24)20-12-15-7-9-19-17(11-15)25-16-5-2-3-6-16/h4,7-11,14,16H,2-3,5-6,12-13H2,1H3,(H2,20,22,24). The first-order chi connectivity index (χ1) is 12.2. The number of pyridine rings is 1. The van der Waals surface area contributed by atoms with Crippen molar-refractivity contribution in [2.75, 3.05) is 0 Å². The van der Waals surface area contributed by atoms with E-state index in [4.69, 9.17) is 4.74 Å². The maximum Gasteiger partial charge on any atom is 0.315 e. The third-order valence-corrected chi connectivity index (χ3v) is 4.24. The maximum atomic E-state index is 12.0. The maximum absolute atomic E-state index is 12.0. The van der Waals surface area contributed by atoms with Gasteiger partial charge in [0.05, 0.1) is 6.54 Å². The first kappa shape index (κ1) is 17.3. The van der Waals surface area contributed by atoms with Gasteiger partial charge in [-0.1, -0.05) is 0 Å². The Hall–Kier alpha value is -2.57. The highest BCUT2D eigenvalue weighted by Gasteiger charge is 2.17. The molecule has 1 fully saturated rings. The van der Waals surface area contributed by atoms with Gasteiger partial charge in [-0.2, -0.15) is 5.10 Å². The van der Waals surface area contributed by atoms with E-state index in [-0.39, 0.29) is 18.2 Å². The monoisotopic (exact) mass is 343 g/mol. The highest BCUT2D eigenvalue weighted by atomic mass is 16.5. The summed E-state index contributed by atoms with van der Waals surface area (Å²) in [5, 5.41) is 9.90. The molecule has 1 saturated carbocycles. The second-order valence-corrected chi connectivity index (χ2v) is 6.48. The number of nitrogens with zero attached hydrogens (tertiary/aromatic N) is 3. The summed E-state index contributed by atoms with van der Waals surface area (Å²) >= 11 is 0. The molecule has 0 saturated heterocycles. The van der Waals surface area contributed by atoms with Crippen LogP contribution < -0.4 is 15.4 Å². The Morgan fingerprint density at radius 2 is 2.24 bits per heavy atom. The summed E-state index contributed by atoms with van der Waals surface area (Å²) in [4.78, 5) is 16.3. The van der Waals surface area contributed by atoms with Crippen LogP contribution in [-0.4, -0.2) is 32.9 Å². The number of urea groups is 1. The van der Waals surface area contributed by atoms with E-state index >= 15 is 0 Å². The van der Waals surface area contributed by atoms with Gasteiger partial charge in [-0.3, -0.25) is 4.68 Å². The van der Waals surface area contributed by atoms with Crippen LogP contribution in [0.15, 0.2) is 36.8 Å². The first-order valence-corrected chi connectivity index (χ1v) is 8.82. The predicted molar refractivity (Wildman–Crippen MR) is 94.2 cm³/mol. The average Bonchev–Trinajstić information content (AvgIpc) is 3.27. The van der Waals surface area contributed by atoms with Crippen molar-refractivity contribution in [1.82, 2.24) is 25.4 Å². The number of hydrogen-bond donors (Lipinski definition) is 2. The molecule has 0 radical (unpaired) electrons. The third kappa shape index (κ3) is 5.48. The minimum atomic E-state index is -0.199. The van der Waals surface area contributed by atoms with Crippen LogP contribution >= 0.6 is 0 Å². The minimum absolute atomic E-state index is 0.0152. The van der Waals surface area contributed by atoms with E-state index < -0.39 is 0 Å². The SMILES string of the molecule is CC(Cn1cccn1)NC(=O)NCc1ccnc(OC2CCCC2)c1. The molecule has 2 heterocycles. The lowest BCUT2D eigenvalue weighted by molar-refractivity contribution is 0.201. The minimum Gasteiger partial charge on any atom is -0.474 e. The van der Waals surface area contributed by atoms with E-state index in [0.717, 1.165) is 18.4 Å². The van der Waals surface area contributed by atoms with Gasteiger partial charge in [0.2, 0.25) is 5.88 Å². The van der Waals surface area contributed by atoms with E-state index in [0.29, 0.717) is 19.0 Å². The van der Waals surface area contributed by atoms with Gasteiger partial charge in [0.1, 0.15) is 6.10 Å². The Bertz CT molecular complexity index is 668. The zero-order chi connectivity index (χ0) is 17.5. The number of hydrogen-bond acceptors (Lipinski definition) is 4. The van der Waals surface area contributed by atoms with Crippen LogP contribution in [0.1, 0.15) is 38.2 Å². The molecular formula is C18H25N5O2. The largest absolute Gasteiger partial charge is 0.474 e. The summed E-state index contributed by atoms with van der Waals surface area (Å²) in [7, 11) is 0. The number of amides is 2. The van der Waals surface area contributed by atoms with E-state index in [1.54, 1.807) is 17.1 Å². The van der Waals surface area contributed by atoms with Crippen LogP contribution in [0.25, 0.3) is 0 Å². The molecular weight excluding hydrogens is 318 g/mol. The van der Waals surface area contributed by atoms with Gasteiger partial charge in [-0.05, 0) is 50.3 Å². The van der Waals surface area contributed by atoms with Crippen molar-refractivity contribution in [2.45, 2.75) is 57.8 Å². The highest BCUT2D eigenvalue weighted by molar-refractivity contribution is 5.74. The van der Waals surface area contributed by atoms with Crippen molar-refractivity contribution in [2.24, 2.45) is 0 Å². The van der Waals surface area contributed by atoms with Gasteiger partial charge in [0.15, 0.2) is 0 Å². The highest BCUT2D eigenvalue weighted by Crippen LogP contribution is 2.23. The summed E-state index contributed by atoms with van der Waals surface area (Å²) in [5.41, 5.74) is 0.970. The van der Waals surface area contributed by atoms with Gasteiger partial charge in [0, 0.05) is 37.2 Å². The van der Waals surface area contributed by atoms with E-state index in [2.05, 4.69) is 20.7 Å². The van der Waals surface area contributed by atoms with Gasteiger partial charge < -0.3 is 15.4 Å².